The van der Waals surface area contributed by atoms with Gasteiger partial charge in [0.15, 0.2) is 0 Å². The van der Waals surface area contributed by atoms with Gasteiger partial charge in [0.2, 0.25) is 0 Å². The highest BCUT2D eigenvalue weighted by atomic mass is 32.1. The lowest BCUT2D eigenvalue weighted by molar-refractivity contribution is 0.673. The number of furan rings is 1. The summed E-state index contributed by atoms with van der Waals surface area (Å²) in [6.45, 7) is 0. The van der Waals surface area contributed by atoms with Gasteiger partial charge in [-0.3, -0.25) is 0 Å². The second-order valence-corrected chi connectivity index (χ2v) is 13.8. The van der Waals surface area contributed by atoms with Crippen molar-refractivity contribution in [2.75, 3.05) is 0 Å². The molecule has 1 nitrogen and oxygen atoms in total. The lowest BCUT2D eigenvalue weighted by Crippen LogP contribution is -1.91. The van der Waals surface area contributed by atoms with Crippen LogP contribution in [0.2, 0.25) is 0 Å². The van der Waals surface area contributed by atoms with Gasteiger partial charge in [0.1, 0.15) is 11.2 Å². The van der Waals surface area contributed by atoms with Gasteiger partial charge in [0.05, 0.1) is 0 Å². The lowest BCUT2D eigenvalue weighted by Gasteiger charge is -2.18. The minimum Gasteiger partial charge on any atom is -0.455 e. The number of para-hydroxylation sites is 1. The highest BCUT2D eigenvalue weighted by Crippen LogP contribution is 2.50. The quantitative estimate of drug-likeness (QED) is 0.174. The van der Waals surface area contributed by atoms with Crippen LogP contribution in [0.25, 0.3) is 107 Å². The van der Waals surface area contributed by atoms with Gasteiger partial charge in [-0.25, -0.2) is 0 Å². The van der Waals surface area contributed by atoms with E-state index < -0.39 is 0 Å². The molecule has 0 N–H and O–H groups in total. The molecule has 0 unspecified atom stereocenters. The van der Waals surface area contributed by atoms with Crippen LogP contribution in [0.4, 0.5) is 0 Å². The summed E-state index contributed by atoms with van der Waals surface area (Å²) in [6.07, 6.45) is 0. The Morgan fingerprint density at radius 1 is 0.396 bits per heavy atom. The molecule has 2 heterocycles. The Morgan fingerprint density at radius 3 is 1.73 bits per heavy atom. The molecule has 0 bridgehead atoms. The van der Waals surface area contributed by atoms with E-state index in [1.54, 1.807) is 0 Å². The van der Waals surface area contributed by atoms with Gasteiger partial charge < -0.3 is 4.42 Å². The van der Waals surface area contributed by atoms with Gasteiger partial charge in [-0.15, -0.1) is 11.3 Å². The smallest absolute Gasteiger partial charge is 0.143 e. The minimum absolute atomic E-state index is 0.936. The zero-order valence-electron chi connectivity index (χ0n) is 25.8. The maximum absolute atomic E-state index is 6.56. The van der Waals surface area contributed by atoms with Crippen LogP contribution in [0.5, 0.6) is 0 Å². The third-order valence-corrected chi connectivity index (χ3v) is 11.4. The molecule has 2 heteroatoms. The van der Waals surface area contributed by atoms with E-state index in [4.69, 9.17) is 4.42 Å². The lowest BCUT2D eigenvalue weighted by atomic mass is 9.84. The van der Waals surface area contributed by atoms with Crippen LogP contribution in [0.3, 0.4) is 0 Å². The fourth-order valence-electron chi connectivity index (χ4n) is 8.23. The highest BCUT2D eigenvalue weighted by molar-refractivity contribution is 7.27. The summed E-state index contributed by atoms with van der Waals surface area (Å²) in [5.41, 5.74) is 7.01. The molecule has 0 fully saturated rings. The summed E-state index contributed by atoms with van der Waals surface area (Å²) in [5, 5.41) is 15.0. The standard InChI is InChI=1S/C46H26OS/c1-2-14-29-27(12-1)13-11-22-30(29)42-33-17-5-3-15-31(33)41(32-16-4-6-18-34(32)42)28-24-25-38-40(26-28)48-46-36-20-8-7-19-35(36)45-43(44(38)46)37-21-9-10-23-39(37)47-45/h1-26H. The Kier molecular flexibility index (Phi) is 5.32. The van der Waals surface area contributed by atoms with Crippen molar-refractivity contribution in [3.05, 3.63) is 158 Å². The fraction of sp³-hybridized carbons (Fsp3) is 0. The Morgan fingerprint density at radius 2 is 0.979 bits per heavy atom. The van der Waals surface area contributed by atoms with Crippen LogP contribution in [0.15, 0.2) is 162 Å². The van der Waals surface area contributed by atoms with E-state index in [2.05, 4.69) is 158 Å². The first-order chi connectivity index (χ1) is 23.8. The molecule has 9 aromatic carbocycles. The molecule has 2 aromatic heterocycles. The highest BCUT2D eigenvalue weighted by Gasteiger charge is 2.21. The topological polar surface area (TPSA) is 13.1 Å². The van der Waals surface area contributed by atoms with Gasteiger partial charge in [0.25, 0.3) is 0 Å². The van der Waals surface area contributed by atoms with Crippen molar-refractivity contribution in [3.63, 3.8) is 0 Å². The van der Waals surface area contributed by atoms with Crippen LogP contribution < -0.4 is 0 Å². The third-order valence-electron chi connectivity index (χ3n) is 10.2. The molecular weight excluding hydrogens is 601 g/mol. The summed E-state index contributed by atoms with van der Waals surface area (Å²) >= 11 is 1.90. The minimum atomic E-state index is 0.936. The van der Waals surface area contributed by atoms with E-state index in [0.717, 1.165) is 11.2 Å². The molecule has 0 saturated heterocycles. The number of benzene rings is 9. The summed E-state index contributed by atoms with van der Waals surface area (Å²) in [4.78, 5) is 0. The van der Waals surface area contributed by atoms with E-state index in [-0.39, 0.29) is 0 Å². The first kappa shape index (κ1) is 26.1. The summed E-state index contributed by atoms with van der Waals surface area (Å²) < 4.78 is 9.17. The first-order valence-electron chi connectivity index (χ1n) is 16.4. The van der Waals surface area contributed by atoms with Gasteiger partial charge in [-0.1, -0.05) is 146 Å². The molecule has 11 rings (SSSR count). The van der Waals surface area contributed by atoms with Crippen molar-refractivity contribution in [1.82, 2.24) is 0 Å². The summed E-state index contributed by atoms with van der Waals surface area (Å²) in [7, 11) is 0. The largest absolute Gasteiger partial charge is 0.455 e. The molecular formula is C46H26OS. The third kappa shape index (κ3) is 3.50. The zero-order valence-corrected chi connectivity index (χ0v) is 26.6. The second kappa shape index (κ2) is 9.78. The maximum atomic E-state index is 6.56. The van der Waals surface area contributed by atoms with Crippen molar-refractivity contribution in [2.24, 2.45) is 0 Å². The normalized spacial score (nSPS) is 12.2. The molecule has 11 aromatic rings. The van der Waals surface area contributed by atoms with Gasteiger partial charge in [-0.05, 0) is 66.7 Å². The number of hydrogen-bond acceptors (Lipinski definition) is 2. The van der Waals surface area contributed by atoms with E-state index in [9.17, 15) is 0 Å². The molecule has 0 aliphatic rings. The van der Waals surface area contributed by atoms with Crippen LogP contribution in [0.1, 0.15) is 0 Å². The predicted octanol–water partition coefficient (Wildman–Crippen LogP) is 13.9. The van der Waals surface area contributed by atoms with Gasteiger partial charge in [0, 0.05) is 41.7 Å². The molecule has 0 radical (unpaired) electrons. The van der Waals surface area contributed by atoms with Crippen molar-refractivity contribution >= 4 is 96.5 Å². The molecule has 222 valence electrons. The van der Waals surface area contributed by atoms with E-state index in [1.807, 2.05) is 11.3 Å². The first-order valence-corrected chi connectivity index (χ1v) is 17.3. The molecule has 0 spiro atoms. The van der Waals surface area contributed by atoms with Crippen LogP contribution in [0, 0.1) is 0 Å². The summed E-state index contributed by atoms with van der Waals surface area (Å²) in [6, 6.07) is 57.6. The van der Waals surface area contributed by atoms with Crippen LogP contribution >= 0.6 is 11.3 Å². The number of rotatable bonds is 2. The van der Waals surface area contributed by atoms with E-state index in [1.165, 1.54) is 96.3 Å². The van der Waals surface area contributed by atoms with Crippen LogP contribution in [-0.4, -0.2) is 0 Å². The Hall–Kier alpha value is -5.96. The Labute approximate surface area is 279 Å². The SMILES string of the molecule is c1ccc2c(-c3c4ccccc4c(-c4ccc5c(c4)sc4c6ccccc6c6oc7ccccc7c6c54)c4ccccc34)cccc2c1. The van der Waals surface area contributed by atoms with Gasteiger partial charge >= 0.3 is 0 Å². The molecule has 0 amide bonds. The van der Waals surface area contributed by atoms with E-state index >= 15 is 0 Å². The number of thiophene rings is 1. The molecule has 0 saturated carbocycles. The molecule has 0 atom stereocenters. The number of fused-ring (bicyclic) bond motifs is 13. The molecule has 0 aliphatic heterocycles. The maximum Gasteiger partial charge on any atom is 0.143 e. The van der Waals surface area contributed by atoms with Crippen molar-refractivity contribution in [1.29, 1.82) is 0 Å². The summed E-state index contributed by atoms with van der Waals surface area (Å²) in [5.74, 6) is 0. The average Bonchev–Trinajstić information content (AvgIpc) is 3.72. The van der Waals surface area contributed by atoms with Crippen molar-refractivity contribution < 1.29 is 4.42 Å². The monoisotopic (exact) mass is 626 g/mol. The average molecular weight is 627 g/mol. The Bertz CT molecular complexity index is 3060. The predicted molar refractivity (Wildman–Crippen MR) is 208 cm³/mol. The zero-order chi connectivity index (χ0) is 31.3. The van der Waals surface area contributed by atoms with Crippen molar-refractivity contribution in [3.8, 4) is 22.3 Å². The molecule has 48 heavy (non-hydrogen) atoms. The van der Waals surface area contributed by atoms with Gasteiger partial charge in [-0.2, -0.15) is 0 Å². The molecule has 0 aliphatic carbocycles. The second-order valence-electron chi connectivity index (χ2n) is 12.7. The Balaban J connectivity index is 1.25. The van der Waals surface area contributed by atoms with E-state index in [0.29, 0.717) is 0 Å². The number of hydrogen-bond donors (Lipinski definition) is 0. The van der Waals surface area contributed by atoms with Crippen LogP contribution in [-0.2, 0) is 0 Å². The fourth-order valence-corrected chi connectivity index (χ4v) is 9.51. The van der Waals surface area contributed by atoms with Crippen molar-refractivity contribution in [2.45, 2.75) is 0 Å².